The van der Waals surface area contributed by atoms with Crippen molar-refractivity contribution in [1.82, 2.24) is 33.9 Å². The average Bonchev–Trinajstić information content (AvgIpc) is 3.85. The van der Waals surface area contributed by atoms with Gasteiger partial charge in [-0.05, 0) is 50.6 Å². The molecule has 49 heavy (non-hydrogen) atoms. The third-order valence-electron chi connectivity index (χ3n) is 7.94. The number of anilines is 2. The number of fused-ring (bicyclic) bond motifs is 2. The van der Waals surface area contributed by atoms with E-state index in [0.717, 1.165) is 16.7 Å². The number of amides is 3. The van der Waals surface area contributed by atoms with Gasteiger partial charge in [-0.2, -0.15) is 5.10 Å². The zero-order chi connectivity index (χ0) is 34.8. The number of para-hydroxylation sites is 2. The van der Waals surface area contributed by atoms with Crippen molar-refractivity contribution in [3.05, 3.63) is 88.9 Å². The molecule has 0 aliphatic rings. The number of oxazole rings is 1. The van der Waals surface area contributed by atoms with Crippen LogP contribution in [0.15, 0.2) is 59.0 Å². The van der Waals surface area contributed by atoms with Crippen LogP contribution < -0.4 is 21.1 Å². The molecule has 6 aromatic rings. The summed E-state index contributed by atoms with van der Waals surface area (Å²) < 4.78 is 16.5. The Hall–Kier alpha value is -6.25. The van der Waals surface area contributed by atoms with Crippen LogP contribution in [-0.2, 0) is 26.1 Å². The number of allylic oxidation sites excluding steroid dienone is 2. The van der Waals surface area contributed by atoms with Crippen molar-refractivity contribution in [2.24, 2.45) is 5.73 Å². The molecule has 0 aliphatic carbocycles. The Balaban J connectivity index is 1.33. The van der Waals surface area contributed by atoms with Crippen LogP contribution in [0.25, 0.3) is 22.1 Å². The molecule has 4 heterocycles. The molecule has 15 heteroatoms. The van der Waals surface area contributed by atoms with Crippen molar-refractivity contribution < 1.29 is 23.5 Å². The molecule has 0 aliphatic heterocycles. The quantitative estimate of drug-likeness (QED) is 0.157. The first-order chi connectivity index (χ1) is 23.6. The van der Waals surface area contributed by atoms with Crippen LogP contribution in [0.1, 0.15) is 62.5 Å². The van der Waals surface area contributed by atoms with Crippen molar-refractivity contribution in [3.63, 3.8) is 0 Å². The number of carbonyl (C=O) groups excluding carboxylic acids is 3. The summed E-state index contributed by atoms with van der Waals surface area (Å²) >= 11 is 0. The molecule has 0 fully saturated rings. The average molecular weight is 665 g/mol. The number of methoxy groups -OCH3 is 1. The Morgan fingerprint density at radius 1 is 0.918 bits per heavy atom. The highest BCUT2D eigenvalue weighted by molar-refractivity contribution is 6.04. The highest BCUT2D eigenvalue weighted by Gasteiger charge is 2.23. The van der Waals surface area contributed by atoms with Crippen molar-refractivity contribution in [2.45, 2.75) is 53.8 Å². The Morgan fingerprint density at radius 3 is 2.33 bits per heavy atom. The van der Waals surface area contributed by atoms with Gasteiger partial charge in [0.05, 0.1) is 35.0 Å². The number of carbonyl (C=O) groups is 3. The van der Waals surface area contributed by atoms with E-state index in [-0.39, 0.29) is 29.7 Å². The number of aromatic nitrogens is 7. The number of aryl methyl sites for hydroxylation is 4. The number of nitrogens with zero attached hydrogens (tertiary/aromatic N) is 7. The Bertz CT molecular complexity index is 2250. The van der Waals surface area contributed by atoms with Crippen LogP contribution in [0.2, 0.25) is 0 Å². The van der Waals surface area contributed by atoms with E-state index in [4.69, 9.17) is 14.9 Å². The van der Waals surface area contributed by atoms with Crippen molar-refractivity contribution in [2.75, 3.05) is 17.7 Å². The monoisotopic (exact) mass is 664 g/mol. The first kappa shape index (κ1) is 32.7. The third-order valence-corrected chi connectivity index (χ3v) is 7.94. The first-order valence-electron chi connectivity index (χ1n) is 15.7. The normalized spacial score (nSPS) is 11.5. The molecule has 0 saturated carbocycles. The molecule has 0 atom stereocenters. The van der Waals surface area contributed by atoms with Crippen LogP contribution in [0, 0.1) is 13.8 Å². The lowest BCUT2D eigenvalue weighted by Crippen LogP contribution is -2.19. The number of rotatable bonds is 12. The van der Waals surface area contributed by atoms with E-state index in [1.807, 2.05) is 61.8 Å². The maximum Gasteiger partial charge on any atom is 0.295 e. The van der Waals surface area contributed by atoms with Gasteiger partial charge in [-0.25, -0.2) is 15.0 Å². The van der Waals surface area contributed by atoms with Gasteiger partial charge in [-0.15, -0.1) is 0 Å². The van der Waals surface area contributed by atoms with E-state index in [2.05, 4.69) is 30.7 Å². The molecule has 0 unspecified atom stereocenters. The molecule has 4 N–H and O–H groups in total. The van der Waals surface area contributed by atoms with Crippen LogP contribution in [0.3, 0.4) is 0 Å². The second kappa shape index (κ2) is 13.5. The predicted molar refractivity (Wildman–Crippen MR) is 183 cm³/mol. The lowest BCUT2D eigenvalue weighted by Gasteiger charge is -2.11. The lowest BCUT2D eigenvalue weighted by atomic mass is 10.1. The Kier molecular flexibility index (Phi) is 8.98. The minimum atomic E-state index is -0.644. The molecule has 4 aromatic heterocycles. The topological polar surface area (TPSA) is 190 Å². The van der Waals surface area contributed by atoms with Gasteiger partial charge in [-0.3, -0.25) is 29.7 Å². The van der Waals surface area contributed by atoms with Gasteiger partial charge in [0.2, 0.25) is 23.6 Å². The fourth-order valence-electron chi connectivity index (χ4n) is 5.70. The summed E-state index contributed by atoms with van der Waals surface area (Å²) in [5.74, 6) is -0.0738. The molecule has 3 amide bonds. The number of imidazole rings is 2. The maximum atomic E-state index is 13.4. The van der Waals surface area contributed by atoms with Crippen LogP contribution >= 0.6 is 0 Å². The molecule has 0 saturated heterocycles. The number of hydrogen-bond acceptors (Lipinski definition) is 9. The molecular formula is C34H36N10O5. The fourth-order valence-corrected chi connectivity index (χ4v) is 5.70. The number of ether oxygens (including phenoxy) is 1. The summed E-state index contributed by atoms with van der Waals surface area (Å²) in [5, 5.41) is 10.2. The third kappa shape index (κ3) is 6.37. The van der Waals surface area contributed by atoms with E-state index >= 15 is 0 Å². The summed E-state index contributed by atoms with van der Waals surface area (Å²) in [6.07, 6.45) is 4.31. The SMILES string of the molecule is CCc1nc(C)oc1C(=O)Nc1nc2cc(C(N)=O)cc(OC)c2n1CC=CCn1c(NC(=O)c2cc(C)nn2CC)nc2ccccc21. The summed E-state index contributed by atoms with van der Waals surface area (Å²) in [7, 11) is 1.48. The van der Waals surface area contributed by atoms with Crippen LogP contribution in [0.5, 0.6) is 5.75 Å². The smallest absolute Gasteiger partial charge is 0.295 e. The van der Waals surface area contributed by atoms with Crippen molar-refractivity contribution in [3.8, 4) is 5.75 Å². The van der Waals surface area contributed by atoms with E-state index in [1.54, 1.807) is 28.3 Å². The second-order valence-corrected chi connectivity index (χ2v) is 11.2. The van der Waals surface area contributed by atoms with E-state index in [1.165, 1.54) is 13.2 Å². The van der Waals surface area contributed by atoms with Gasteiger partial charge >= 0.3 is 0 Å². The largest absolute Gasteiger partial charge is 0.494 e. The van der Waals surface area contributed by atoms with Gasteiger partial charge in [0.15, 0.2) is 5.89 Å². The molecule has 0 radical (unpaired) electrons. The van der Waals surface area contributed by atoms with Gasteiger partial charge < -0.3 is 24.0 Å². The number of nitrogens with one attached hydrogen (secondary N) is 2. The highest BCUT2D eigenvalue weighted by atomic mass is 16.5. The second-order valence-electron chi connectivity index (χ2n) is 11.2. The van der Waals surface area contributed by atoms with Gasteiger partial charge in [-0.1, -0.05) is 31.2 Å². The minimum Gasteiger partial charge on any atom is -0.494 e. The first-order valence-corrected chi connectivity index (χ1v) is 15.7. The van der Waals surface area contributed by atoms with Crippen molar-refractivity contribution in [1.29, 1.82) is 0 Å². The molecular weight excluding hydrogens is 628 g/mol. The van der Waals surface area contributed by atoms with Gasteiger partial charge in [0.25, 0.3) is 11.8 Å². The zero-order valence-electron chi connectivity index (χ0n) is 27.8. The molecule has 6 rings (SSSR count). The number of nitrogens with two attached hydrogens (primary N) is 1. The maximum absolute atomic E-state index is 13.4. The number of hydrogen-bond donors (Lipinski definition) is 3. The highest BCUT2D eigenvalue weighted by Crippen LogP contribution is 2.31. The number of primary amides is 1. The van der Waals surface area contributed by atoms with E-state index in [0.29, 0.717) is 59.5 Å². The lowest BCUT2D eigenvalue weighted by molar-refractivity contribution is 0.0987. The summed E-state index contributed by atoms with van der Waals surface area (Å²) in [5.41, 5.74) is 9.98. The van der Waals surface area contributed by atoms with Gasteiger partial charge in [0.1, 0.15) is 17.0 Å². The Morgan fingerprint density at radius 2 is 1.61 bits per heavy atom. The molecule has 2 aromatic carbocycles. The van der Waals surface area contributed by atoms with Crippen LogP contribution in [-0.4, -0.2) is 58.7 Å². The fraction of sp³-hybridized carbons (Fsp3) is 0.265. The molecule has 0 spiro atoms. The molecule has 252 valence electrons. The predicted octanol–water partition coefficient (Wildman–Crippen LogP) is 4.64. The van der Waals surface area contributed by atoms with Gasteiger partial charge in [0, 0.05) is 32.1 Å². The van der Waals surface area contributed by atoms with Crippen LogP contribution in [0.4, 0.5) is 11.9 Å². The number of benzene rings is 2. The summed E-state index contributed by atoms with van der Waals surface area (Å²) in [6.45, 7) is 8.47. The summed E-state index contributed by atoms with van der Waals surface area (Å²) in [4.78, 5) is 52.3. The zero-order valence-corrected chi connectivity index (χ0v) is 27.8. The molecule has 15 nitrogen and oxygen atoms in total. The van der Waals surface area contributed by atoms with Crippen molar-refractivity contribution >= 4 is 51.7 Å². The van der Waals surface area contributed by atoms with E-state index in [9.17, 15) is 14.4 Å². The standard InChI is InChI=1S/C34H36N10O5/c1-6-22-29(49-20(4)36-22)32(47)40-34-38-24-17-21(30(35)45)18-27(48-5)28(24)43(34)15-11-10-14-42-25-13-9-8-12-23(25)37-33(42)39-31(46)26-16-19(3)41-44(26)7-2/h8-13,16-18H,6-7,14-15H2,1-5H3,(H2,35,45)(H,37,39,46)(H,38,40,47). The minimum absolute atomic E-state index is 0.0950. The Labute approximate surface area is 280 Å². The van der Waals surface area contributed by atoms with E-state index < -0.39 is 11.8 Å². The molecule has 0 bridgehead atoms. The summed E-state index contributed by atoms with van der Waals surface area (Å²) in [6, 6.07) is 12.4.